The summed E-state index contributed by atoms with van der Waals surface area (Å²) in [7, 11) is 0. The van der Waals surface area contributed by atoms with Gasteiger partial charge in [-0.3, -0.25) is 9.59 Å². The number of esters is 1. The van der Waals surface area contributed by atoms with Crippen LogP contribution < -0.4 is 20.7 Å². The molecule has 0 radical (unpaired) electrons. The Morgan fingerprint density at radius 3 is 1.87 bits per heavy atom. The fourth-order valence-electron chi connectivity index (χ4n) is 5.65. The number of allylic oxidation sites excluding steroid dienone is 1. The number of nitrogens with one attached hydrogen (secondary N) is 3. The largest absolute Gasteiger partial charge is 0.489 e. The number of hydrogen-bond acceptors (Lipinski definition) is 8. The number of ether oxygens (including phenoxy) is 3. The molecular weight excluding hydrogens is 698 g/mol. The van der Waals surface area contributed by atoms with Crippen molar-refractivity contribution in [1.82, 2.24) is 16.0 Å². The normalized spacial score (nSPS) is 12.8. The molecule has 4 aromatic rings. The number of aliphatic hydroxyl groups is 1. The Labute approximate surface area is 322 Å². The molecule has 0 spiro atoms. The third-order valence-electron chi connectivity index (χ3n) is 8.60. The van der Waals surface area contributed by atoms with Crippen molar-refractivity contribution < 1.29 is 38.5 Å². The molecule has 0 bridgehead atoms. The number of benzene rings is 4. The van der Waals surface area contributed by atoms with Gasteiger partial charge in [0.1, 0.15) is 31.6 Å². The highest BCUT2D eigenvalue weighted by Gasteiger charge is 2.28. The summed E-state index contributed by atoms with van der Waals surface area (Å²) >= 11 is 0. The Kier molecular flexibility index (Phi) is 17.2. The molecule has 0 saturated heterocycles. The molecule has 0 heterocycles. The molecular formula is C44H49N3O8. The molecule has 0 aliphatic heterocycles. The second-order valence-electron chi connectivity index (χ2n) is 12.9. The van der Waals surface area contributed by atoms with E-state index >= 15 is 0 Å². The number of aliphatic hydroxyl groups excluding tert-OH is 1. The molecule has 0 aromatic heterocycles. The molecule has 0 aliphatic carbocycles. The molecule has 4 N–H and O–H groups in total. The van der Waals surface area contributed by atoms with Crippen LogP contribution in [0.25, 0.3) is 0 Å². The van der Waals surface area contributed by atoms with Crippen LogP contribution in [-0.4, -0.2) is 54.3 Å². The second-order valence-corrected chi connectivity index (χ2v) is 12.9. The van der Waals surface area contributed by atoms with Gasteiger partial charge >= 0.3 is 12.1 Å². The molecule has 3 amide bonds. The Morgan fingerprint density at radius 1 is 0.673 bits per heavy atom. The van der Waals surface area contributed by atoms with E-state index in [0.29, 0.717) is 24.3 Å². The van der Waals surface area contributed by atoms with Crippen LogP contribution in [0.3, 0.4) is 0 Å². The summed E-state index contributed by atoms with van der Waals surface area (Å²) < 4.78 is 16.7. The third kappa shape index (κ3) is 14.6. The summed E-state index contributed by atoms with van der Waals surface area (Å²) in [6, 6.07) is 32.9. The van der Waals surface area contributed by atoms with Crippen LogP contribution in [0.4, 0.5) is 4.79 Å². The van der Waals surface area contributed by atoms with Crippen LogP contribution >= 0.6 is 0 Å². The molecule has 0 fully saturated rings. The fraction of sp³-hybridized carbons (Fsp3) is 0.273. The zero-order valence-electron chi connectivity index (χ0n) is 30.8. The van der Waals surface area contributed by atoms with Crippen LogP contribution in [0.15, 0.2) is 141 Å². The number of alkyl carbamates (subject to hydrolysis) is 1. The average Bonchev–Trinajstić information content (AvgIpc) is 3.21. The van der Waals surface area contributed by atoms with Crippen LogP contribution in [0.5, 0.6) is 5.75 Å². The highest BCUT2D eigenvalue weighted by molar-refractivity contribution is 5.86. The van der Waals surface area contributed by atoms with E-state index in [-0.39, 0.29) is 39.1 Å². The fourth-order valence-corrected chi connectivity index (χ4v) is 5.65. The van der Waals surface area contributed by atoms with E-state index in [0.717, 1.165) is 16.7 Å². The minimum absolute atomic E-state index is 0.0226. The number of carbonyl (C=O) groups excluding carboxylic acids is 4. The van der Waals surface area contributed by atoms with E-state index in [4.69, 9.17) is 14.2 Å². The maximum atomic E-state index is 13.7. The maximum absolute atomic E-state index is 13.7. The van der Waals surface area contributed by atoms with Gasteiger partial charge < -0.3 is 35.3 Å². The van der Waals surface area contributed by atoms with E-state index in [2.05, 4.69) is 29.1 Å². The first-order valence-electron chi connectivity index (χ1n) is 18.1. The van der Waals surface area contributed by atoms with Crippen molar-refractivity contribution in [2.24, 2.45) is 5.92 Å². The summed E-state index contributed by atoms with van der Waals surface area (Å²) in [5, 5.41) is 18.4. The molecule has 4 atom stereocenters. The SMILES string of the molecule is C=CC[C@@H](CC(=O)N[C@H](CO)Cc1ccc(OCc2ccccc2)cc1)C(=O)N[C@H](COC(=O)[C@@H](CC=C)NC(=O)OCc1ccccc1)c1ccccc1. The monoisotopic (exact) mass is 747 g/mol. The lowest BCUT2D eigenvalue weighted by Gasteiger charge is -2.24. The van der Waals surface area contributed by atoms with Crippen molar-refractivity contribution in [1.29, 1.82) is 0 Å². The van der Waals surface area contributed by atoms with E-state index in [9.17, 15) is 24.3 Å². The smallest absolute Gasteiger partial charge is 0.408 e. The van der Waals surface area contributed by atoms with Crippen LogP contribution in [0.1, 0.15) is 47.6 Å². The van der Waals surface area contributed by atoms with E-state index < -0.39 is 47.9 Å². The van der Waals surface area contributed by atoms with Gasteiger partial charge in [0, 0.05) is 6.42 Å². The van der Waals surface area contributed by atoms with Gasteiger partial charge in [-0.2, -0.15) is 0 Å². The van der Waals surface area contributed by atoms with Crippen molar-refractivity contribution in [2.75, 3.05) is 13.2 Å². The quantitative estimate of drug-likeness (QED) is 0.0553. The third-order valence-corrected chi connectivity index (χ3v) is 8.60. The molecule has 11 heteroatoms. The lowest BCUT2D eigenvalue weighted by molar-refractivity contribution is -0.147. The van der Waals surface area contributed by atoms with Crippen molar-refractivity contribution >= 4 is 23.9 Å². The summed E-state index contributed by atoms with van der Waals surface area (Å²) in [4.78, 5) is 52.5. The Bertz CT molecular complexity index is 1800. The van der Waals surface area contributed by atoms with Gasteiger partial charge in [-0.1, -0.05) is 115 Å². The molecule has 4 rings (SSSR count). The standard InChI is InChI=1S/C44H49N3O8/c1-3-14-36(27-41(49)45-37(28-48)26-32-22-24-38(25-23-32)53-29-33-16-8-5-9-17-33)42(50)46-40(35-20-12-7-13-21-35)31-54-43(51)39(15-4-2)47-44(52)55-30-34-18-10-6-11-19-34/h3-13,16-25,36-37,39-40,48H,1-2,14-15,26-31H2,(H,45,49)(H,46,50)(H,47,52)/t36-,37-,39+,40+/m0/s1. The summed E-state index contributed by atoms with van der Waals surface area (Å²) in [5.74, 6) is -1.69. The van der Waals surface area contributed by atoms with Crippen LogP contribution in [-0.2, 0) is 43.5 Å². The zero-order chi connectivity index (χ0) is 39.3. The molecule has 0 aliphatic rings. The number of hydrogen-bond donors (Lipinski definition) is 4. The van der Waals surface area contributed by atoms with Gasteiger partial charge in [-0.25, -0.2) is 9.59 Å². The van der Waals surface area contributed by atoms with Gasteiger partial charge in [0.05, 0.1) is 24.6 Å². The number of rotatable bonds is 22. The lowest BCUT2D eigenvalue weighted by atomic mass is 9.97. The van der Waals surface area contributed by atoms with Crippen molar-refractivity contribution in [3.63, 3.8) is 0 Å². The van der Waals surface area contributed by atoms with E-state index in [1.165, 1.54) is 6.08 Å². The Balaban J connectivity index is 1.32. The van der Waals surface area contributed by atoms with Crippen molar-refractivity contribution in [3.05, 3.63) is 163 Å². The second kappa shape index (κ2) is 22.8. The first-order chi connectivity index (χ1) is 26.8. The topological polar surface area (TPSA) is 152 Å². The maximum Gasteiger partial charge on any atom is 0.408 e. The zero-order valence-corrected chi connectivity index (χ0v) is 30.8. The minimum atomic E-state index is -1.07. The van der Waals surface area contributed by atoms with Gasteiger partial charge in [0.25, 0.3) is 0 Å². The summed E-state index contributed by atoms with van der Waals surface area (Å²) in [6.45, 7) is 7.34. The summed E-state index contributed by atoms with van der Waals surface area (Å²) in [5.41, 5.74) is 3.40. The highest BCUT2D eigenvalue weighted by Crippen LogP contribution is 2.19. The number of carbonyl (C=O) groups is 4. The number of amides is 3. The molecule has 0 saturated carbocycles. The first-order valence-corrected chi connectivity index (χ1v) is 18.1. The van der Waals surface area contributed by atoms with E-state index in [1.54, 1.807) is 30.3 Å². The summed E-state index contributed by atoms with van der Waals surface area (Å²) in [6.07, 6.45) is 2.72. The predicted molar refractivity (Wildman–Crippen MR) is 210 cm³/mol. The van der Waals surface area contributed by atoms with Gasteiger partial charge in [-0.15, -0.1) is 13.2 Å². The lowest BCUT2D eigenvalue weighted by Crippen LogP contribution is -2.44. The molecule has 0 unspecified atom stereocenters. The van der Waals surface area contributed by atoms with E-state index in [1.807, 2.05) is 91.0 Å². The average molecular weight is 748 g/mol. The van der Waals surface area contributed by atoms with Crippen LogP contribution in [0, 0.1) is 5.92 Å². The van der Waals surface area contributed by atoms with Crippen molar-refractivity contribution in [2.45, 2.75) is 57.0 Å². The molecule has 11 nitrogen and oxygen atoms in total. The first kappa shape index (κ1) is 41.6. The molecule has 55 heavy (non-hydrogen) atoms. The highest BCUT2D eigenvalue weighted by atomic mass is 16.6. The van der Waals surface area contributed by atoms with Gasteiger partial charge in [0.2, 0.25) is 11.8 Å². The predicted octanol–water partition coefficient (Wildman–Crippen LogP) is 6.14. The van der Waals surface area contributed by atoms with Gasteiger partial charge in [-0.05, 0) is 53.6 Å². The van der Waals surface area contributed by atoms with Crippen molar-refractivity contribution in [3.8, 4) is 5.75 Å². The molecule has 4 aromatic carbocycles. The minimum Gasteiger partial charge on any atom is -0.489 e. The van der Waals surface area contributed by atoms with Crippen LogP contribution in [0.2, 0.25) is 0 Å². The molecule has 288 valence electrons. The Hall–Kier alpha value is -6.20. The van der Waals surface area contributed by atoms with Gasteiger partial charge in [0.15, 0.2) is 0 Å². The Morgan fingerprint density at radius 2 is 1.27 bits per heavy atom.